The monoisotopic (exact) mass is 326 g/mol. The Labute approximate surface area is 126 Å². The highest BCUT2D eigenvalue weighted by molar-refractivity contribution is 7.89. The third-order valence-corrected chi connectivity index (χ3v) is 5.60. The van der Waals surface area contributed by atoms with Gasteiger partial charge in [-0.05, 0) is 35.4 Å². The van der Waals surface area contributed by atoms with Crippen molar-refractivity contribution in [2.45, 2.75) is 18.4 Å². The van der Waals surface area contributed by atoms with Crippen molar-refractivity contribution in [3.05, 3.63) is 56.3 Å². The molecule has 21 heavy (non-hydrogen) atoms. The number of rotatable bonds is 5. The van der Waals surface area contributed by atoms with E-state index in [1.54, 1.807) is 6.92 Å². The van der Waals surface area contributed by atoms with Crippen LogP contribution in [0.1, 0.15) is 11.1 Å². The van der Waals surface area contributed by atoms with Gasteiger partial charge in [-0.25, -0.2) is 8.42 Å². The third kappa shape index (κ3) is 3.29. The molecule has 0 aliphatic rings. The van der Waals surface area contributed by atoms with Gasteiger partial charge in [-0.2, -0.15) is 15.6 Å². The fraction of sp³-hybridized carbons (Fsp3) is 0.231. The van der Waals surface area contributed by atoms with Gasteiger partial charge in [0, 0.05) is 25.2 Å². The smallest absolute Gasteiger partial charge is 0.258 e. The van der Waals surface area contributed by atoms with Gasteiger partial charge in [0.1, 0.15) is 0 Å². The number of sulfonamides is 1. The van der Waals surface area contributed by atoms with Gasteiger partial charge in [-0.15, -0.1) is 0 Å². The number of hydrogen-bond acceptors (Lipinski definition) is 5. The average Bonchev–Trinajstić information content (AvgIpc) is 2.91. The van der Waals surface area contributed by atoms with Gasteiger partial charge < -0.3 is 0 Å². The average molecular weight is 326 g/mol. The Bertz CT molecular complexity index is 754. The molecule has 8 heteroatoms. The molecule has 0 bridgehead atoms. The van der Waals surface area contributed by atoms with Crippen LogP contribution < -0.4 is 0 Å². The Morgan fingerprint density at radius 2 is 2.05 bits per heavy atom. The van der Waals surface area contributed by atoms with E-state index in [-0.39, 0.29) is 17.1 Å². The van der Waals surface area contributed by atoms with Crippen LogP contribution in [-0.4, -0.2) is 24.7 Å². The summed E-state index contributed by atoms with van der Waals surface area (Å²) in [4.78, 5) is 10.3. The van der Waals surface area contributed by atoms with Gasteiger partial charge >= 0.3 is 0 Å². The first kappa shape index (κ1) is 15.6. The van der Waals surface area contributed by atoms with Crippen LogP contribution in [0.3, 0.4) is 0 Å². The molecule has 0 aliphatic heterocycles. The van der Waals surface area contributed by atoms with Crippen LogP contribution >= 0.6 is 11.3 Å². The lowest BCUT2D eigenvalue weighted by atomic mass is 10.2. The Hall–Kier alpha value is -1.77. The second kappa shape index (κ2) is 5.92. The quantitative estimate of drug-likeness (QED) is 0.625. The van der Waals surface area contributed by atoms with Crippen molar-refractivity contribution in [3.8, 4) is 0 Å². The molecule has 0 saturated carbocycles. The maximum absolute atomic E-state index is 12.5. The van der Waals surface area contributed by atoms with E-state index in [0.717, 1.165) is 11.6 Å². The molecule has 1 aromatic heterocycles. The summed E-state index contributed by atoms with van der Waals surface area (Å²) in [7, 11) is -2.30. The van der Waals surface area contributed by atoms with E-state index < -0.39 is 14.9 Å². The van der Waals surface area contributed by atoms with Gasteiger partial charge in [0.2, 0.25) is 10.0 Å². The number of nitro benzene ring substituents is 1. The molecule has 2 rings (SSSR count). The normalized spacial score (nSPS) is 11.8. The highest BCUT2D eigenvalue weighted by atomic mass is 32.2. The SMILES string of the molecule is Cc1ccc(S(=O)(=O)N(C)Cc2ccsc2)cc1[N+](=O)[O-]. The van der Waals surface area contributed by atoms with Crippen LogP contribution in [-0.2, 0) is 16.6 Å². The maximum atomic E-state index is 12.5. The van der Waals surface area contributed by atoms with Crippen molar-refractivity contribution in [3.63, 3.8) is 0 Å². The molecule has 0 atom stereocenters. The van der Waals surface area contributed by atoms with Gasteiger partial charge in [0.15, 0.2) is 0 Å². The second-order valence-corrected chi connectivity index (χ2v) is 7.42. The van der Waals surface area contributed by atoms with E-state index in [1.165, 1.54) is 34.8 Å². The molecule has 0 spiro atoms. The lowest BCUT2D eigenvalue weighted by Gasteiger charge is -2.16. The molecule has 0 N–H and O–H groups in total. The topological polar surface area (TPSA) is 80.5 Å². The van der Waals surface area contributed by atoms with Crippen LogP contribution in [0.15, 0.2) is 39.9 Å². The second-order valence-electron chi connectivity index (χ2n) is 4.60. The zero-order chi connectivity index (χ0) is 15.6. The molecule has 0 fully saturated rings. The molecule has 1 aromatic carbocycles. The molecular formula is C13H14N2O4S2. The number of thiophene rings is 1. The standard InChI is InChI=1S/C13H14N2O4S2/c1-10-3-4-12(7-13(10)15(16)17)21(18,19)14(2)8-11-5-6-20-9-11/h3-7,9H,8H2,1-2H3. The summed E-state index contributed by atoms with van der Waals surface area (Å²) in [6, 6.07) is 5.79. The van der Waals surface area contributed by atoms with Gasteiger partial charge in [0.25, 0.3) is 5.69 Å². The third-order valence-electron chi connectivity index (χ3n) is 3.07. The zero-order valence-electron chi connectivity index (χ0n) is 11.5. The van der Waals surface area contributed by atoms with E-state index in [0.29, 0.717) is 5.56 Å². The Kier molecular flexibility index (Phi) is 4.40. The maximum Gasteiger partial charge on any atom is 0.273 e. The molecule has 112 valence electrons. The highest BCUT2D eigenvalue weighted by Gasteiger charge is 2.24. The van der Waals surface area contributed by atoms with E-state index in [2.05, 4.69) is 0 Å². The Balaban J connectivity index is 2.35. The summed E-state index contributed by atoms with van der Waals surface area (Å²) < 4.78 is 26.1. The zero-order valence-corrected chi connectivity index (χ0v) is 13.1. The molecule has 6 nitrogen and oxygen atoms in total. The van der Waals surface area contributed by atoms with E-state index >= 15 is 0 Å². The van der Waals surface area contributed by atoms with Crippen molar-refractivity contribution >= 4 is 27.0 Å². The van der Waals surface area contributed by atoms with Crippen molar-refractivity contribution in [2.75, 3.05) is 7.05 Å². The van der Waals surface area contributed by atoms with Gasteiger partial charge in [-0.1, -0.05) is 6.07 Å². The lowest BCUT2D eigenvalue weighted by molar-refractivity contribution is -0.385. The molecule has 0 aliphatic carbocycles. The first-order valence-electron chi connectivity index (χ1n) is 6.05. The largest absolute Gasteiger partial charge is 0.273 e. The summed E-state index contributed by atoms with van der Waals surface area (Å²) in [5.74, 6) is 0. The van der Waals surface area contributed by atoms with Crippen molar-refractivity contribution in [2.24, 2.45) is 0 Å². The molecule has 0 radical (unpaired) electrons. The van der Waals surface area contributed by atoms with E-state index in [1.807, 2.05) is 16.8 Å². The lowest BCUT2D eigenvalue weighted by Crippen LogP contribution is -2.26. The van der Waals surface area contributed by atoms with Gasteiger partial charge in [0.05, 0.1) is 9.82 Å². The van der Waals surface area contributed by atoms with Crippen LogP contribution in [0.5, 0.6) is 0 Å². The summed E-state index contributed by atoms with van der Waals surface area (Å²) >= 11 is 1.49. The summed E-state index contributed by atoms with van der Waals surface area (Å²) in [6.07, 6.45) is 0. The van der Waals surface area contributed by atoms with Crippen molar-refractivity contribution in [1.82, 2.24) is 4.31 Å². The summed E-state index contributed by atoms with van der Waals surface area (Å²) in [5.41, 5.74) is 1.12. The minimum Gasteiger partial charge on any atom is -0.258 e. The van der Waals surface area contributed by atoms with Crippen LogP contribution in [0.4, 0.5) is 5.69 Å². The predicted molar refractivity (Wildman–Crippen MR) is 80.8 cm³/mol. The Morgan fingerprint density at radius 1 is 1.33 bits per heavy atom. The minimum absolute atomic E-state index is 0.0717. The molecule has 0 unspecified atom stereocenters. The summed E-state index contributed by atoms with van der Waals surface area (Å²) in [5, 5.41) is 14.7. The molecular weight excluding hydrogens is 312 g/mol. The fourth-order valence-electron chi connectivity index (χ4n) is 1.85. The molecule has 0 saturated heterocycles. The van der Waals surface area contributed by atoms with Gasteiger partial charge in [-0.3, -0.25) is 10.1 Å². The predicted octanol–water partition coefficient (Wildman–Crippen LogP) is 2.79. The molecule has 0 amide bonds. The van der Waals surface area contributed by atoms with E-state index in [4.69, 9.17) is 0 Å². The summed E-state index contributed by atoms with van der Waals surface area (Å²) in [6.45, 7) is 1.80. The fourth-order valence-corrected chi connectivity index (χ4v) is 3.69. The number of nitrogens with zero attached hydrogens (tertiary/aromatic N) is 2. The Morgan fingerprint density at radius 3 is 2.62 bits per heavy atom. The molecule has 1 heterocycles. The highest BCUT2D eigenvalue weighted by Crippen LogP contribution is 2.25. The van der Waals surface area contributed by atoms with E-state index in [9.17, 15) is 18.5 Å². The number of benzene rings is 1. The van der Waals surface area contributed by atoms with Crippen LogP contribution in [0.2, 0.25) is 0 Å². The minimum atomic E-state index is -3.75. The van der Waals surface area contributed by atoms with Crippen molar-refractivity contribution < 1.29 is 13.3 Å². The number of nitro groups is 1. The first-order chi connectivity index (χ1) is 9.82. The number of aryl methyl sites for hydroxylation is 1. The first-order valence-corrected chi connectivity index (χ1v) is 8.43. The number of hydrogen-bond donors (Lipinski definition) is 0. The molecule has 2 aromatic rings. The van der Waals surface area contributed by atoms with Crippen LogP contribution in [0.25, 0.3) is 0 Å². The van der Waals surface area contributed by atoms with Crippen molar-refractivity contribution in [1.29, 1.82) is 0 Å². The van der Waals surface area contributed by atoms with Crippen LogP contribution in [0, 0.1) is 17.0 Å².